The average molecular weight is 213 g/mol. The van der Waals surface area contributed by atoms with E-state index in [2.05, 4.69) is 0 Å². The molecule has 2 aromatic rings. The minimum absolute atomic E-state index is 0.337. The van der Waals surface area contributed by atoms with Crippen LogP contribution in [0.1, 0.15) is 15.9 Å². The molecule has 0 aromatic heterocycles. The highest BCUT2D eigenvalue weighted by Gasteiger charge is 2.12. The van der Waals surface area contributed by atoms with E-state index in [1.165, 1.54) is 0 Å². The van der Waals surface area contributed by atoms with Crippen molar-refractivity contribution in [2.45, 2.75) is 6.92 Å². The lowest BCUT2D eigenvalue weighted by molar-refractivity contribution is -0.114. The molecule has 0 aliphatic carbocycles. The molecule has 0 atom stereocenters. The molecule has 0 saturated heterocycles. The smallest absolute Gasteiger partial charge is 0.289 e. The zero-order chi connectivity index (χ0) is 11.7. The summed E-state index contributed by atoms with van der Waals surface area (Å²) in [5.74, 6) is -1.58. The van der Waals surface area contributed by atoms with Gasteiger partial charge in [-0.1, -0.05) is 35.9 Å². The molecule has 0 heterocycles. The summed E-state index contributed by atoms with van der Waals surface area (Å²) >= 11 is 0. The van der Waals surface area contributed by atoms with Gasteiger partial charge in [0.2, 0.25) is 5.78 Å². The van der Waals surface area contributed by atoms with Gasteiger partial charge in [-0.2, -0.15) is 0 Å². The van der Waals surface area contributed by atoms with Crippen molar-refractivity contribution in [3.63, 3.8) is 0 Å². The maximum Gasteiger partial charge on any atom is 0.289 e. The third kappa shape index (κ3) is 1.80. The normalized spacial score (nSPS) is 10.3. The number of amides is 1. The van der Waals surface area contributed by atoms with Crippen LogP contribution in [0, 0.1) is 6.92 Å². The summed E-state index contributed by atoms with van der Waals surface area (Å²) in [5.41, 5.74) is 6.44. The van der Waals surface area contributed by atoms with Crippen LogP contribution in [0.3, 0.4) is 0 Å². The van der Waals surface area contributed by atoms with Gasteiger partial charge in [0.1, 0.15) is 0 Å². The Balaban J connectivity index is 2.57. The molecule has 1 amide bonds. The van der Waals surface area contributed by atoms with Gasteiger partial charge in [0.25, 0.3) is 5.91 Å². The van der Waals surface area contributed by atoms with Crippen LogP contribution in [0.2, 0.25) is 0 Å². The van der Waals surface area contributed by atoms with E-state index in [1.807, 2.05) is 31.2 Å². The van der Waals surface area contributed by atoms with Crippen LogP contribution in [0.15, 0.2) is 36.4 Å². The van der Waals surface area contributed by atoms with Gasteiger partial charge in [-0.25, -0.2) is 0 Å². The quantitative estimate of drug-likeness (QED) is 0.611. The third-order valence-corrected chi connectivity index (χ3v) is 2.48. The number of hydrogen-bond acceptors (Lipinski definition) is 2. The van der Waals surface area contributed by atoms with E-state index in [9.17, 15) is 9.59 Å². The van der Waals surface area contributed by atoms with Crippen molar-refractivity contribution in [3.8, 4) is 0 Å². The fraction of sp³-hybridized carbons (Fsp3) is 0.0769. The first kappa shape index (κ1) is 10.4. The van der Waals surface area contributed by atoms with Crippen LogP contribution < -0.4 is 5.73 Å². The second-order valence-corrected chi connectivity index (χ2v) is 3.76. The van der Waals surface area contributed by atoms with Gasteiger partial charge in [-0.05, 0) is 23.8 Å². The maximum atomic E-state index is 11.4. The first-order valence-corrected chi connectivity index (χ1v) is 4.92. The minimum atomic E-state index is -0.925. The highest BCUT2D eigenvalue weighted by atomic mass is 16.2. The zero-order valence-corrected chi connectivity index (χ0v) is 8.86. The Labute approximate surface area is 92.9 Å². The second kappa shape index (κ2) is 3.77. The summed E-state index contributed by atoms with van der Waals surface area (Å²) < 4.78 is 0. The molecular weight excluding hydrogens is 202 g/mol. The van der Waals surface area contributed by atoms with Crippen LogP contribution in [0.4, 0.5) is 0 Å². The Hall–Kier alpha value is -2.16. The predicted molar refractivity (Wildman–Crippen MR) is 62.2 cm³/mol. The average Bonchev–Trinajstić information content (AvgIpc) is 2.27. The molecule has 2 N–H and O–H groups in total. The van der Waals surface area contributed by atoms with Gasteiger partial charge in [0.05, 0.1) is 0 Å². The summed E-state index contributed by atoms with van der Waals surface area (Å²) in [4.78, 5) is 22.1. The maximum absolute atomic E-state index is 11.4. The number of aryl methyl sites for hydroxylation is 1. The first-order chi connectivity index (χ1) is 7.58. The van der Waals surface area contributed by atoms with E-state index in [4.69, 9.17) is 5.73 Å². The van der Waals surface area contributed by atoms with Crippen LogP contribution in [0.5, 0.6) is 0 Å². The number of ketones is 1. The van der Waals surface area contributed by atoms with Crippen molar-refractivity contribution in [2.24, 2.45) is 5.73 Å². The van der Waals surface area contributed by atoms with Crippen molar-refractivity contribution < 1.29 is 9.59 Å². The molecule has 3 heteroatoms. The predicted octanol–water partition coefficient (Wildman–Crippen LogP) is 1.82. The molecule has 0 fully saturated rings. The first-order valence-electron chi connectivity index (χ1n) is 4.92. The van der Waals surface area contributed by atoms with Crippen molar-refractivity contribution in [3.05, 3.63) is 47.5 Å². The molecule has 16 heavy (non-hydrogen) atoms. The lowest BCUT2D eigenvalue weighted by Crippen LogP contribution is -2.22. The highest BCUT2D eigenvalue weighted by molar-refractivity contribution is 6.42. The van der Waals surface area contributed by atoms with E-state index in [-0.39, 0.29) is 0 Å². The van der Waals surface area contributed by atoms with Crippen LogP contribution in [0.25, 0.3) is 10.8 Å². The summed E-state index contributed by atoms with van der Waals surface area (Å²) in [6, 6.07) is 11.0. The Morgan fingerprint density at radius 3 is 2.31 bits per heavy atom. The van der Waals surface area contributed by atoms with E-state index < -0.39 is 11.7 Å². The fourth-order valence-electron chi connectivity index (χ4n) is 1.65. The van der Waals surface area contributed by atoms with Crippen molar-refractivity contribution in [1.29, 1.82) is 0 Å². The van der Waals surface area contributed by atoms with Crippen LogP contribution in [-0.2, 0) is 4.79 Å². The number of Topliss-reactive ketones (excluding diaryl/α,β-unsaturated/α-hetero) is 1. The summed E-state index contributed by atoms with van der Waals surface area (Å²) in [6.45, 7) is 2.00. The Bertz CT molecular complexity index is 588. The molecular formula is C13H11NO2. The summed E-state index contributed by atoms with van der Waals surface area (Å²) in [5, 5.41) is 1.97. The zero-order valence-electron chi connectivity index (χ0n) is 8.86. The van der Waals surface area contributed by atoms with Gasteiger partial charge in [0.15, 0.2) is 0 Å². The number of carbonyl (C=O) groups excluding carboxylic acids is 2. The number of nitrogens with two attached hydrogens (primary N) is 1. The molecule has 0 aliphatic heterocycles. The molecule has 0 spiro atoms. The number of hydrogen-bond donors (Lipinski definition) is 1. The van der Waals surface area contributed by atoms with Gasteiger partial charge >= 0.3 is 0 Å². The molecule has 2 rings (SSSR count). The van der Waals surface area contributed by atoms with E-state index >= 15 is 0 Å². The topological polar surface area (TPSA) is 60.2 Å². The lowest BCUT2D eigenvalue weighted by Gasteiger charge is -2.02. The number of primary amides is 1. The third-order valence-electron chi connectivity index (χ3n) is 2.48. The SMILES string of the molecule is Cc1ccc2cc(C(=O)C(N)=O)ccc2c1. The Morgan fingerprint density at radius 1 is 1.00 bits per heavy atom. The number of benzene rings is 2. The molecule has 0 radical (unpaired) electrons. The Morgan fingerprint density at radius 2 is 1.62 bits per heavy atom. The molecule has 0 bridgehead atoms. The lowest BCUT2D eigenvalue weighted by atomic mass is 10.0. The fourth-order valence-corrected chi connectivity index (χ4v) is 1.65. The molecule has 0 saturated carbocycles. The molecule has 3 nitrogen and oxygen atoms in total. The van der Waals surface area contributed by atoms with E-state index in [0.29, 0.717) is 5.56 Å². The van der Waals surface area contributed by atoms with Crippen molar-refractivity contribution in [1.82, 2.24) is 0 Å². The summed E-state index contributed by atoms with van der Waals surface area (Å²) in [7, 11) is 0. The molecule has 80 valence electrons. The van der Waals surface area contributed by atoms with Crippen molar-refractivity contribution in [2.75, 3.05) is 0 Å². The molecule has 2 aromatic carbocycles. The number of carbonyl (C=O) groups is 2. The summed E-state index contributed by atoms with van der Waals surface area (Å²) in [6.07, 6.45) is 0. The van der Waals surface area contributed by atoms with E-state index in [1.54, 1.807) is 12.1 Å². The van der Waals surface area contributed by atoms with Crippen LogP contribution >= 0.6 is 0 Å². The minimum Gasteiger partial charge on any atom is -0.363 e. The number of fused-ring (bicyclic) bond motifs is 1. The Kier molecular flexibility index (Phi) is 2.44. The van der Waals surface area contributed by atoms with Crippen molar-refractivity contribution >= 4 is 22.5 Å². The molecule has 0 unspecified atom stereocenters. The van der Waals surface area contributed by atoms with Gasteiger partial charge < -0.3 is 5.73 Å². The van der Waals surface area contributed by atoms with Gasteiger partial charge in [0, 0.05) is 5.56 Å². The largest absolute Gasteiger partial charge is 0.363 e. The molecule has 0 aliphatic rings. The second-order valence-electron chi connectivity index (χ2n) is 3.76. The van der Waals surface area contributed by atoms with Crippen LogP contribution in [-0.4, -0.2) is 11.7 Å². The monoisotopic (exact) mass is 213 g/mol. The number of rotatable bonds is 2. The van der Waals surface area contributed by atoms with Gasteiger partial charge in [-0.3, -0.25) is 9.59 Å². The van der Waals surface area contributed by atoms with Gasteiger partial charge in [-0.15, -0.1) is 0 Å². The van der Waals surface area contributed by atoms with E-state index in [0.717, 1.165) is 16.3 Å². The standard InChI is InChI=1S/C13H11NO2/c1-8-2-3-10-7-11(12(15)13(14)16)5-4-9(10)6-8/h2-7H,1H3,(H2,14,16). The highest BCUT2D eigenvalue weighted by Crippen LogP contribution is 2.17.